The van der Waals surface area contributed by atoms with E-state index in [9.17, 15) is 14.4 Å². The Balaban J connectivity index is 2.08. The summed E-state index contributed by atoms with van der Waals surface area (Å²) in [7, 11) is 0. The lowest BCUT2D eigenvalue weighted by molar-refractivity contribution is 0.0514. The second kappa shape index (κ2) is 9.43. The fraction of sp³-hybridized carbons (Fsp3) is 0.227. The van der Waals surface area contributed by atoms with Gasteiger partial charge >= 0.3 is 11.9 Å². The zero-order valence-corrected chi connectivity index (χ0v) is 17.0. The van der Waals surface area contributed by atoms with Gasteiger partial charge in [-0.3, -0.25) is 4.79 Å². The Morgan fingerprint density at radius 2 is 1.55 bits per heavy atom. The van der Waals surface area contributed by atoms with Crippen molar-refractivity contribution in [3.8, 4) is 0 Å². The van der Waals surface area contributed by atoms with Gasteiger partial charge in [0.05, 0.1) is 34.9 Å². The van der Waals surface area contributed by atoms with E-state index in [1.54, 1.807) is 66.9 Å². The number of esters is 2. The lowest BCUT2D eigenvalue weighted by atomic mass is 10.2. The minimum Gasteiger partial charge on any atom is -0.462 e. The van der Waals surface area contributed by atoms with Crippen LogP contribution in [0.3, 0.4) is 0 Å². The molecule has 0 saturated heterocycles. The van der Waals surface area contributed by atoms with E-state index < -0.39 is 11.9 Å². The van der Waals surface area contributed by atoms with Crippen molar-refractivity contribution < 1.29 is 23.9 Å². The molecule has 1 aromatic carbocycles. The summed E-state index contributed by atoms with van der Waals surface area (Å²) in [5, 5.41) is 0. The molecule has 0 spiro atoms. The maximum Gasteiger partial charge on any atom is 0.356 e. The quantitative estimate of drug-likeness (QED) is 0.313. The molecule has 0 atom stereocenters. The molecule has 0 amide bonds. The number of Topliss-reactive ketones (excluding diaryl/α,β-unsaturated/α-hetero) is 1. The van der Waals surface area contributed by atoms with Gasteiger partial charge in [0.2, 0.25) is 0 Å². The number of hydrogen-bond donors (Lipinski definition) is 0. The molecule has 2 heterocycles. The number of hydrogen-bond acceptors (Lipinski definition) is 6. The average molecular weight is 411 g/mol. The predicted molar refractivity (Wildman–Crippen MR) is 111 cm³/mol. The third-order valence-electron chi connectivity index (χ3n) is 4.19. The standard InChI is InChI=1S/C22H21NO5S/c1-3-27-21(25)18-16-12-8-9-13-23(16)19(22(26)28-4-2)20(18)29-14-17(24)15-10-6-5-7-11-15/h5-13H,3-4,14H2,1-2H3. The minimum atomic E-state index is -0.557. The topological polar surface area (TPSA) is 74.1 Å². The van der Waals surface area contributed by atoms with Crippen molar-refractivity contribution in [3.63, 3.8) is 0 Å². The van der Waals surface area contributed by atoms with E-state index in [-0.39, 0.29) is 36.0 Å². The van der Waals surface area contributed by atoms with Crippen LogP contribution >= 0.6 is 11.8 Å². The summed E-state index contributed by atoms with van der Waals surface area (Å²) in [5.74, 6) is -1.13. The van der Waals surface area contributed by atoms with Crippen LogP contribution < -0.4 is 0 Å². The van der Waals surface area contributed by atoms with Crippen molar-refractivity contribution in [3.05, 3.63) is 71.5 Å². The van der Waals surface area contributed by atoms with Crippen LogP contribution in [0.2, 0.25) is 0 Å². The molecule has 0 radical (unpaired) electrons. The molecular weight excluding hydrogens is 390 g/mol. The van der Waals surface area contributed by atoms with Gasteiger partial charge in [0.15, 0.2) is 5.78 Å². The molecule has 3 rings (SSSR count). The molecule has 0 N–H and O–H groups in total. The molecule has 0 saturated carbocycles. The molecular formula is C22H21NO5S. The minimum absolute atomic E-state index is 0.0692. The van der Waals surface area contributed by atoms with E-state index >= 15 is 0 Å². The van der Waals surface area contributed by atoms with Crippen molar-refractivity contribution >= 4 is 35.0 Å². The normalized spacial score (nSPS) is 10.7. The lowest BCUT2D eigenvalue weighted by Gasteiger charge is -2.07. The molecule has 6 nitrogen and oxygen atoms in total. The third-order valence-corrected chi connectivity index (χ3v) is 5.28. The van der Waals surface area contributed by atoms with E-state index in [4.69, 9.17) is 9.47 Å². The number of ketones is 1. The van der Waals surface area contributed by atoms with E-state index in [0.29, 0.717) is 16.0 Å². The van der Waals surface area contributed by atoms with Crippen LogP contribution in [0.25, 0.3) is 5.52 Å². The number of thioether (sulfide) groups is 1. The van der Waals surface area contributed by atoms with Crippen LogP contribution in [0.4, 0.5) is 0 Å². The number of nitrogens with zero attached hydrogens (tertiary/aromatic N) is 1. The van der Waals surface area contributed by atoms with Gasteiger partial charge in [0, 0.05) is 11.8 Å². The zero-order valence-electron chi connectivity index (χ0n) is 16.2. The Labute approximate surface area is 172 Å². The third kappa shape index (κ3) is 4.35. The number of fused-ring (bicyclic) bond motifs is 1. The van der Waals surface area contributed by atoms with Gasteiger partial charge < -0.3 is 13.9 Å². The van der Waals surface area contributed by atoms with E-state index in [0.717, 1.165) is 11.8 Å². The van der Waals surface area contributed by atoms with Crippen molar-refractivity contribution in [2.45, 2.75) is 18.7 Å². The molecule has 0 aliphatic heterocycles. The SMILES string of the molecule is CCOC(=O)c1c(SCC(=O)c2ccccc2)c(C(=O)OCC)n2ccccc12. The first kappa shape index (κ1) is 20.7. The summed E-state index contributed by atoms with van der Waals surface area (Å²) in [4.78, 5) is 38.4. The Morgan fingerprint density at radius 1 is 0.897 bits per heavy atom. The van der Waals surface area contributed by atoms with Gasteiger partial charge in [0.1, 0.15) is 5.69 Å². The molecule has 3 aromatic rings. The first-order valence-corrected chi connectivity index (χ1v) is 10.2. The summed E-state index contributed by atoms with van der Waals surface area (Å²) >= 11 is 1.14. The molecule has 29 heavy (non-hydrogen) atoms. The summed E-state index contributed by atoms with van der Waals surface area (Å²) < 4.78 is 12.0. The molecule has 0 unspecified atom stereocenters. The van der Waals surface area contributed by atoms with Gasteiger partial charge in [-0.1, -0.05) is 36.4 Å². The first-order valence-electron chi connectivity index (χ1n) is 9.26. The molecule has 2 aromatic heterocycles. The number of carbonyl (C=O) groups excluding carboxylic acids is 3. The number of carbonyl (C=O) groups is 3. The fourth-order valence-electron chi connectivity index (χ4n) is 2.96. The second-order valence-corrected chi connectivity index (χ2v) is 7.01. The van der Waals surface area contributed by atoms with Gasteiger partial charge in [-0.05, 0) is 26.0 Å². The number of benzene rings is 1. The molecule has 0 aliphatic rings. The van der Waals surface area contributed by atoms with Crippen LogP contribution in [0, 0.1) is 0 Å². The Hall–Kier alpha value is -3.06. The highest BCUT2D eigenvalue weighted by molar-refractivity contribution is 8.00. The van der Waals surface area contributed by atoms with E-state index in [1.165, 1.54) is 0 Å². The van der Waals surface area contributed by atoms with Crippen molar-refractivity contribution in [2.24, 2.45) is 0 Å². The predicted octanol–water partition coefficient (Wildman–Crippen LogP) is 4.27. The van der Waals surface area contributed by atoms with Crippen LogP contribution in [0.1, 0.15) is 45.1 Å². The van der Waals surface area contributed by atoms with Crippen LogP contribution in [-0.2, 0) is 9.47 Å². The van der Waals surface area contributed by atoms with Gasteiger partial charge in [-0.15, -0.1) is 11.8 Å². The molecule has 0 aliphatic carbocycles. The molecule has 150 valence electrons. The Morgan fingerprint density at radius 3 is 2.24 bits per heavy atom. The Kier molecular flexibility index (Phi) is 6.72. The molecule has 0 bridgehead atoms. The zero-order chi connectivity index (χ0) is 20.8. The summed E-state index contributed by atoms with van der Waals surface area (Å²) in [6.07, 6.45) is 1.69. The summed E-state index contributed by atoms with van der Waals surface area (Å²) in [6.45, 7) is 3.82. The highest BCUT2D eigenvalue weighted by atomic mass is 32.2. The Bertz CT molecular complexity index is 987. The smallest absolute Gasteiger partial charge is 0.356 e. The highest BCUT2D eigenvalue weighted by Gasteiger charge is 2.29. The van der Waals surface area contributed by atoms with E-state index in [1.807, 2.05) is 6.07 Å². The largest absolute Gasteiger partial charge is 0.462 e. The highest BCUT2D eigenvalue weighted by Crippen LogP contribution is 2.34. The number of rotatable bonds is 8. The molecule has 7 heteroatoms. The monoisotopic (exact) mass is 411 g/mol. The maximum atomic E-state index is 12.7. The fourth-order valence-corrected chi connectivity index (χ4v) is 4.06. The van der Waals surface area contributed by atoms with E-state index in [2.05, 4.69) is 0 Å². The van der Waals surface area contributed by atoms with Crippen LogP contribution in [0.5, 0.6) is 0 Å². The summed E-state index contributed by atoms with van der Waals surface area (Å²) in [6, 6.07) is 14.2. The van der Waals surface area contributed by atoms with Crippen molar-refractivity contribution in [2.75, 3.05) is 19.0 Å². The van der Waals surface area contributed by atoms with Crippen molar-refractivity contribution in [1.29, 1.82) is 0 Å². The average Bonchev–Trinajstić information content (AvgIpc) is 3.07. The van der Waals surface area contributed by atoms with Gasteiger partial charge in [-0.25, -0.2) is 9.59 Å². The lowest BCUT2D eigenvalue weighted by Crippen LogP contribution is -2.11. The number of ether oxygens (including phenoxy) is 2. The first-order chi connectivity index (χ1) is 14.1. The molecule has 0 fully saturated rings. The van der Waals surface area contributed by atoms with Crippen LogP contribution in [-0.4, -0.2) is 41.1 Å². The summed E-state index contributed by atoms with van der Waals surface area (Å²) in [5.41, 5.74) is 1.58. The second-order valence-electron chi connectivity index (χ2n) is 6.03. The number of aromatic nitrogens is 1. The van der Waals surface area contributed by atoms with Crippen molar-refractivity contribution in [1.82, 2.24) is 4.40 Å². The van der Waals surface area contributed by atoms with Gasteiger partial charge in [-0.2, -0.15) is 0 Å². The maximum absolute atomic E-state index is 12.7. The number of pyridine rings is 1. The van der Waals surface area contributed by atoms with Gasteiger partial charge in [0.25, 0.3) is 0 Å². The van der Waals surface area contributed by atoms with Crippen LogP contribution in [0.15, 0.2) is 59.6 Å².